The fourth-order valence-corrected chi connectivity index (χ4v) is 1.75. The van der Waals surface area contributed by atoms with E-state index in [1.165, 1.54) is 7.11 Å². The summed E-state index contributed by atoms with van der Waals surface area (Å²) in [7, 11) is 3.12. The zero-order valence-corrected chi connectivity index (χ0v) is 13.2. The smallest absolute Gasteiger partial charge is 0.328 e. The zero-order chi connectivity index (χ0) is 15.7. The zero-order valence-electron chi connectivity index (χ0n) is 13.2. The second-order valence-electron chi connectivity index (χ2n) is 5.33. The van der Waals surface area contributed by atoms with Gasteiger partial charge in [0.25, 0.3) is 0 Å². The first-order chi connectivity index (χ1) is 9.31. The maximum Gasteiger partial charge on any atom is 0.328 e. The van der Waals surface area contributed by atoms with Crippen LogP contribution in [0.15, 0.2) is 0 Å². The number of aliphatic hydroxyl groups is 1. The summed E-state index contributed by atoms with van der Waals surface area (Å²) in [5.74, 6) is -0.609. The lowest BCUT2D eigenvalue weighted by Gasteiger charge is -2.23. The summed E-state index contributed by atoms with van der Waals surface area (Å²) in [5, 5.41) is 11.9. The number of nitrogens with zero attached hydrogens (tertiary/aromatic N) is 1. The average molecular weight is 288 g/mol. The van der Waals surface area contributed by atoms with Crippen LogP contribution in [0.5, 0.6) is 0 Å². The molecular formula is C14H28N2O4. The highest BCUT2D eigenvalue weighted by Crippen LogP contribution is 2.09. The third-order valence-electron chi connectivity index (χ3n) is 3.33. The van der Waals surface area contributed by atoms with Crippen LogP contribution in [0.4, 0.5) is 0 Å². The number of aliphatic hydroxyl groups excluding tert-OH is 1. The highest BCUT2D eigenvalue weighted by Gasteiger charge is 2.26. The molecule has 1 amide bonds. The lowest BCUT2D eigenvalue weighted by Crippen LogP contribution is -2.48. The second kappa shape index (κ2) is 9.72. The minimum atomic E-state index is -0.609. The molecule has 0 spiro atoms. The van der Waals surface area contributed by atoms with Crippen molar-refractivity contribution >= 4 is 11.9 Å². The van der Waals surface area contributed by atoms with E-state index in [0.717, 1.165) is 6.42 Å². The van der Waals surface area contributed by atoms with E-state index in [4.69, 9.17) is 4.74 Å². The molecule has 0 aliphatic heterocycles. The predicted octanol–water partition coefficient (Wildman–Crippen LogP) is 0.393. The number of carbonyl (C=O) groups excluding carboxylic acids is 2. The molecule has 0 aromatic carbocycles. The van der Waals surface area contributed by atoms with Gasteiger partial charge in [0.05, 0.1) is 19.8 Å². The van der Waals surface area contributed by atoms with Gasteiger partial charge in [0.2, 0.25) is 5.91 Å². The molecule has 6 heteroatoms. The molecule has 118 valence electrons. The van der Waals surface area contributed by atoms with Gasteiger partial charge < -0.3 is 15.2 Å². The van der Waals surface area contributed by atoms with E-state index in [0.29, 0.717) is 13.0 Å². The van der Waals surface area contributed by atoms with Crippen LogP contribution in [0.2, 0.25) is 0 Å². The van der Waals surface area contributed by atoms with Crippen molar-refractivity contribution in [3.8, 4) is 0 Å². The van der Waals surface area contributed by atoms with Gasteiger partial charge in [0.1, 0.15) is 6.04 Å². The first-order valence-electron chi connectivity index (χ1n) is 7.05. The topological polar surface area (TPSA) is 78.9 Å². The summed E-state index contributed by atoms with van der Waals surface area (Å²) in [5.41, 5.74) is 0. The number of methoxy groups -OCH3 is 1. The molecule has 3 unspecified atom stereocenters. The molecule has 0 heterocycles. The molecule has 0 aliphatic rings. The van der Waals surface area contributed by atoms with Crippen LogP contribution >= 0.6 is 0 Å². The van der Waals surface area contributed by atoms with Crippen molar-refractivity contribution in [2.75, 3.05) is 27.2 Å². The van der Waals surface area contributed by atoms with E-state index in [9.17, 15) is 14.7 Å². The minimum Gasteiger partial charge on any atom is -0.467 e. The summed E-state index contributed by atoms with van der Waals surface area (Å²) in [6.07, 6.45) is 0.997. The van der Waals surface area contributed by atoms with Crippen molar-refractivity contribution in [2.45, 2.75) is 45.8 Å². The number of nitrogens with one attached hydrogen (secondary N) is 1. The molecule has 0 bridgehead atoms. The Morgan fingerprint density at radius 2 is 1.95 bits per heavy atom. The number of carbonyl (C=O) groups is 2. The molecule has 0 radical (unpaired) electrons. The Labute approximate surface area is 121 Å². The Balaban J connectivity index is 4.35. The van der Waals surface area contributed by atoms with Crippen LogP contribution < -0.4 is 5.32 Å². The molecule has 3 atom stereocenters. The molecule has 0 saturated carbocycles. The van der Waals surface area contributed by atoms with Gasteiger partial charge in [-0.25, -0.2) is 4.79 Å². The van der Waals surface area contributed by atoms with Crippen LogP contribution in [0.25, 0.3) is 0 Å². The average Bonchev–Trinajstić information content (AvgIpc) is 2.40. The highest BCUT2D eigenvalue weighted by molar-refractivity contribution is 5.85. The van der Waals surface area contributed by atoms with Gasteiger partial charge in [-0.1, -0.05) is 20.3 Å². The first-order valence-corrected chi connectivity index (χ1v) is 7.05. The Hall–Kier alpha value is -1.14. The maximum absolute atomic E-state index is 11.9. The van der Waals surface area contributed by atoms with Crippen molar-refractivity contribution in [1.29, 1.82) is 0 Å². The van der Waals surface area contributed by atoms with Crippen LogP contribution in [0.1, 0.15) is 33.6 Å². The van der Waals surface area contributed by atoms with Gasteiger partial charge in [-0.2, -0.15) is 0 Å². The number of esters is 1. The minimum absolute atomic E-state index is 0.0224. The molecule has 20 heavy (non-hydrogen) atoms. The highest BCUT2D eigenvalue weighted by atomic mass is 16.5. The van der Waals surface area contributed by atoms with E-state index in [-0.39, 0.29) is 24.5 Å². The number of rotatable bonds is 9. The normalized spacial score (nSPS) is 15.6. The first kappa shape index (κ1) is 18.9. The van der Waals surface area contributed by atoms with Crippen LogP contribution in [-0.2, 0) is 14.3 Å². The quantitative estimate of drug-likeness (QED) is 0.600. The summed E-state index contributed by atoms with van der Waals surface area (Å²) in [4.78, 5) is 25.4. The fraction of sp³-hybridized carbons (Fsp3) is 0.857. The number of hydrogen-bond acceptors (Lipinski definition) is 5. The van der Waals surface area contributed by atoms with E-state index in [1.807, 2.05) is 18.7 Å². The molecular weight excluding hydrogens is 260 g/mol. The summed E-state index contributed by atoms with van der Waals surface area (Å²) in [6.45, 7) is 6.39. The standard InChI is InChI=1S/C14H28N2O4/c1-6-10(2)13(14(19)20-5)15-12(18)9-16(4)8-7-11(3)17/h10-11,13,17H,6-9H2,1-5H3,(H,15,18). The number of amides is 1. The monoisotopic (exact) mass is 288 g/mol. The van der Waals surface area contributed by atoms with Gasteiger partial charge in [0.15, 0.2) is 0 Å². The Morgan fingerprint density at radius 1 is 1.35 bits per heavy atom. The van der Waals surface area contributed by atoms with Crippen LogP contribution in [0, 0.1) is 5.92 Å². The fourth-order valence-electron chi connectivity index (χ4n) is 1.75. The van der Waals surface area contributed by atoms with E-state index < -0.39 is 12.0 Å². The van der Waals surface area contributed by atoms with Gasteiger partial charge >= 0.3 is 5.97 Å². The number of hydrogen-bond donors (Lipinski definition) is 2. The van der Waals surface area contributed by atoms with Gasteiger partial charge in [-0.15, -0.1) is 0 Å². The number of ether oxygens (including phenoxy) is 1. The van der Waals surface area contributed by atoms with E-state index >= 15 is 0 Å². The van der Waals surface area contributed by atoms with Gasteiger partial charge in [0, 0.05) is 6.54 Å². The third kappa shape index (κ3) is 7.45. The molecule has 6 nitrogen and oxygen atoms in total. The molecule has 0 fully saturated rings. The SMILES string of the molecule is CCC(C)C(NC(=O)CN(C)CCC(C)O)C(=O)OC. The molecule has 0 aromatic heterocycles. The van der Waals surface area contributed by atoms with Gasteiger partial charge in [-0.05, 0) is 26.3 Å². The molecule has 0 rings (SSSR count). The van der Waals surface area contributed by atoms with Crippen molar-refractivity contribution < 1.29 is 19.4 Å². The predicted molar refractivity (Wildman–Crippen MR) is 77.2 cm³/mol. The largest absolute Gasteiger partial charge is 0.467 e. The van der Waals surface area contributed by atoms with E-state index in [1.54, 1.807) is 14.0 Å². The molecule has 0 saturated heterocycles. The van der Waals surface area contributed by atoms with Crippen molar-refractivity contribution in [3.63, 3.8) is 0 Å². The lowest BCUT2D eigenvalue weighted by atomic mass is 9.99. The van der Waals surface area contributed by atoms with Crippen LogP contribution in [-0.4, -0.2) is 61.3 Å². The summed E-state index contributed by atoms with van der Waals surface area (Å²) >= 11 is 0. The van der Waals surface area contributed by atoms with Crippen LogP contribution in [0.3, 0.4) is 0 Å². The Morgan fingerprint density at radius 3 is 2.40 bits per heavy atom. The molecule has 0 aliphatic carbocycles. The summed E-state index contributed by atoms with van der Waals surface area (Å²) in [6, 6.07) is -0.609. The Bertz CT molecular complexity index is 308. The van der Waals surface area contributed by atoms with Crippen molar-refractivity contribution in [2.24, 2.45) is 5.92 Å². The molecule has 2 N–H and O–H groups in total. The van der Waals surface area contributed by atoms with E-state index in [2.05, 4.69) is 5.32 Å². The van der Waals surface area contributed by atoms with Crippen molar-refractivity contribution in [1.82, 2.24) is 10.2 Å². The number of likely N-dealkylation sites (N-methyl/N-ethyl adjacent to an activating group) is 1. The Kier molecular flexibility index (Phi) is 9.16. The second-order valence-corrected chi connectivity index (χ2v) is 5.33. The maximum atomic E-state index is 11.9. The lowest BCUT2D eigenvalue weighted by molar-refractivity contribution is -0.146. The van der Waals surface area contributed by atoms with Crippen molar-refractivity contribution in [3.05, 3.63) is 0 Å². The molecule has 0 aromatic rings. The van der Waals surface area contributed by atoms with Gasteiger partial charge in [-0.3, -0.25) is 9.69 Å². The summed E-state index contributed by atoms with van der Waals surface area (Å²) < 4.78 is 4.72. The third-order valence-corrected chi connectivity index (χ3v) is 3.33.